The number of allylic oxidation sites excluding steroid dienone is 5. The van der Waals surface area contributed by atoms with E-state index in [0.717, 1.165) is 12.0 Å². The van der Waals surface area contributed by atoms with E-state index in [-0.39, 0.29) is 22.6 Å². The van der Waals surface area contributed by atoms with Gasteiger partial charge in [0.2, 0.25) is 5.89 Å². The third kappa shape index (κ3) is 6.23. The number of oxazole rings is 1. The number of hydrogen-bond acceptors (Lipinski definition) is 3. The molecular formula is C25H30F2N2O2. The normalized spacial score (nSPS) is 13.5. The van der Waals surface area contributed by atoms with Crippen molar-refractivity contribution in [2.75, 3.05) is 0 Å². The Bertz CT molecular complexity index is 1000. The van der Waals surface area contributed by atoms with Crippen LogP contribution >= 0.6 is 0 Å². The number of nitrogens with zero attached hydrogens (tertiary/aromatic N) is 1. The average Bonchev–Trinajstić information content (AvgIpc) is 3.18. The fourth-order valence-corrected chi connectivity index (χ4v) is 2.90. The van der Waals surface area contributed by atoms with Crippen molar-refractivity contribution in [2.45, 2.75) is 54.0 Å². The van der Waals surface area contributed by atoms with Gasteiger partial charge in [0.25, 0.3) is 5.91 Å². The minimum absolute atomic E-state index is 0.0144. The van der Waals surface area contributed by atoms with Gasteiger partial charge in [-0.05, 0) is 55.0 Å². The summed E-state index contributed by atoms with van der Waals surface area (Å²) in [7, 11) is 0. The Morgan fingerprint density at radius 3 is 2.42 bits per heavy atom. The largest absolute Gasteiger partial charge is 0.444 e. The minimum atomic E-state index is -0.658. The lowest BCUT2D eigenvalue weighted by Gasteiger charge is -2.20. The summed E-state index contributed by atoms with van der Waals surface area (Å²) in [5.74, 6) is -1.60. The number of carbonyl (C=O) groups is 1. The van der Waals surface area contributed by atoms with E-state index < -0.39 is 23.6 Å². The van der Waals surface area contributed by atoms with Gasteiger partial charge in [-0.25, -0.2) is 13.8 Å². The molecule has 0 radical (unpaired) electrons. The fourth-order valence-electron chi connectivity index (χ4n) is 2.90. The molecule has 1 amide bonds. The maximum Gasteiger partial charge on any atom is 0.273 e. The first-order chi connectivity index (χ1) is 14.4. The summed E-state index contributed by atoms with van der Waals surface area (Å²) >= 11 is 0. The second kappa shape index (κ2) is 9.86. The van der Waals surface area contributed by atoms with Crippen molar-refractivity contribution in [2.24, 2.45) is 5.41 Å². The Balaban J connectivity index is 2.11. The minimum Gasteiger partial charge on any atom is -0.444 e. The molecule has 0 saturated carbocycles. The van der Waals surface area contributed by atoms with Gasteiger partial charge in [-0.2, -0.15) is 0 Å². The molecule has 2 aromatic rings. The molecule has 0 aliphatic heterocycles. The molecule has 1 heterocycles. The van der Waals surface area contributed by atoms with Gasteiger partial charge in [-0.1, -0.05) is 46.4 Å². The molecule has 1 atom stereocenters. The van der Waals surface area contributed by atoms with Crippen molar-refractivity contribution in [1.29, 1.82) is 0 Å². The lowest BCUT2D eigenvalue weighted by molar-refractivity contribution is 0.0934. The Morgan fingerprint density at radius 2 is 1.87 bits per heavy atom. The molecular weight excluding hydrogens is 398 g/mol. The highest BCUT2D eigenvalue weighted by Gasteiger charge is 2.19. The first-order valence-corrected chi connectivity index (χ1v) is 10.2. The molecule has 4 nitrogen and oxygen atoms in total. The van der Waals surface area contributed by atoms with E-state index in [9.17, 15) is 13.6 Å². The maximum absolute atomic E-state index is 13.8. The van der Waals surface area contributed by atoms with E-state index in [1.165, 1.54) is 25.3 Å². The first-order valence-electron chi connectivity index (χ1n) is 10.2. The van der Waals surface area contributed by atoms with Crippen LogP contribution < -0.4 is 5.32 Å². The standard InChI is InChI=1S/C25H30F2N2O2/c1-8-9-19(25(5,6)7)11-10-15(2)24-29-22(14-31-24)23(30)28-17(4)18-12-20(26)16(3)21(27)13-18/h9-14,17H,2,8H2,1,3-7H3,(H,28,30). The number of benzene rings is 1. The molecule has 31 heavy (non-hydrogen) atoms. The van der Waals surface area contributed by atoms with Gasteiger partial charge in [0.15, 0.2) is 5.69 Å². The van der Waals surface area contributed by atoms with E-state index in [2.05, 4.69) is 50.7 Å². The third-order valence-electron chi connectivity index (χ3n) is 4.92. The smallest absolute Gasteiger partial charge is 0.273 e. The predicted octanol–water partition coefficient (Wildman–Crippen LogP) is 6.70. The molecule has 0 saturated heterocycles. The van der Waals surface area contributed by atoms with Crippen molar-refractivity contribution in [3.8, 4) is 0 Å². The zero-order valence-corrected chi connectivity index (χ0v) is 19.0. The van der Waals surface area contributed by atoms with Gasteiger partial charge in [-0.15, -0.1) is 0 Å². The van der Waals surface area contributed by atoms with E-state index >= 15 is 0 Å². The molecule has 0 aliphatic rings. The number of nitrogens with one attached hydrogen (secondary N) is 1. The molecule has 2 rings (SSSR count). The second-order valence-electron chi connectivity index (χ2n) is 8.52. The van der Waals surface area contributed by atoms with Crippen LogP contribution in [0, 0.1) is 24.0 Å². The van der Waals surface area contributed by atoms with Crippen molar-refractivity contribution >= 4 is 11.5 Å². The molecule has 0 spiro atoms. The van der Waals surface area contributed by atoms with Gasteiger partial charge in [0.05, 0.1) is 6.04 Å². The number of carbonyl (C=O) groups excluding carboxylic acids is 1. The number of aromatic nitrogens is 1. The van der Waals surface area contributed by atoms with Gasteiger partial charge in [-0.3, -0.25) is 4.79 Å². The van der Waals surface area contributed by atoms with Crippen molar-refractivity contribution < 1.29 is 18.0 Å². The van der Waals surface area contributed by atoms with E-state index in [1.807, 2.05) is 6.08 Å². The monoisotopic (exact) mass is 428 g/mol. The van der Waals surface area contributed by atoms with E-state index in [4.69, 9.17) is 4.42 Å². The highest BCUT2D eigenvalue weighted by atomic mass is 19.1. The van der Waals surface area contributed by atoms with Gasteiger partial charge >= 0.3 is 0 Å². The van der Waals surface area contributed by atoms with Crippen molar-refractivity contribution in [1.82, 2.24) is 10.3 Å². The van der Waals surface area contributed by atoms with Crippen molar-refractivity contribution in [3.63, 3.8) is 0 Å². The first kappa shape index (κ1) is 24.3. The van der Waals surface area contributed by atoms with Gasteiger partial charge < -0.3 is 9.73 Å². The molecule has 1 aromatic carbocycles. The van der Waals surface area contributed by atoms with Crippen molar-refractivity contribution in [3.05, 3.63) is 83.1 Å². The van der Waals surface area contributed by atoms with E-state index in [0.29, 0.717) is 11.1 Å². The topological polar surface area (TPSA) is 55.1 Å². The molecule has 1 N–H and O–H groups in total. The van der Waals surface area contributed by atoms with Crippen LogP contribution in [0.5, 0.6) is 0 Å². The highest BCUT2D eigenvalue weighted by Crippen LogP contribution is 2.28. The molecule has 0 bridgehead atoms. The molecule has 0 aliphatic carbocycles. The van der Waals surface area contributed by atoms with Gasteiger partial charge in [0, 0.05) is 11.1 Å². The Hall–Kier alpha value is -3.02. The number of rotatable bonds is 7. The Labute approximate surface area is 182 Å². The molecule has 166 valence electrons. The summed E-state index contributed by atoms with van der Waals surface area (Å²) in [6.07, 6.45) is 8.08. The summed E-state index contributed by atoms with van der Waals surface area (Å²) in [6.45, 7) is 15.4. The molecule has 1 aromatic heterocycles. The quantitative estimate of drug-likeness (QED) is 0.499. The van der Waals surface area contributed by atoms with Crippen LogP contribution in [0.25, 0.3) is 5.57 Å². The number of hydrogen-bond donors (Lipinski definition) is 1. The van der Waals surface area contributed by atoms with Crippen LogP contribution in [0.1, 0.15) is 74.6 Å². The number of amides is 1. The maximum atomic E-state index is 13.8. The Kier molecular flexibility index (Phi) is 7.71. The van der Waals surface area contributed by atoms with Crippen LogP contribution in [0.2, 0.25) is 0 Å². The second-order valence-corrected chi connectivity index (χ2v) is 8.52. The Morgan fingerprint density at radius 1 is 1.26 bits per heavy atom. The van der Waals surface area contributed by atoms with Crippen LogP contribution in [0.4, 0.5) is 8.78 Å². The number of halogens is 2. The zero-order valence-electron chi connectivity index (χ0n) is 19.0. The zero-order chi connectivity index (χ0) is 23.3. The summed E-state index contributed by atoms with van der Waals surface area (Å²) in [5.41, 5.74) is 2.00. The summed E-state index contributed by atoms with van der Waals surface area (Å²) in [6, 6.07) is 1.80. The van der Waals surface area contributed by atoms with Crippen LogP contribution in [0.3, 0.4) is 0 Å². The summed E-state index contributed by atoms with van der Waals surface area (Å²) < 4.78 is 33.0. The molecule has 6 heteroatoms. The average molecular weight is 429 g/mol. The lowest BCUT2D eigenvalue weighted by atomic mass is 9.85. The van der Waals surface area contributed by atoms with Gasteiger partial charge in [0.1, 0.15) is 17.9 Å². The molecule has 1 unspecified atom stereocenters. The van der Waals surface area contributed by atoms with Crippen LogP contribution in [0.15, 0.2) is 53.2 Å². The highest BCUT2D eigenvalue weighted by molar-refractivity contribution is 5.92. The lowest BCUT2D eigenvalue weighted by Crippen LogP contribution is -2.27. The SMILES string of the molecule is C=C(C=CC(=CCC)C(C)(C)C)c1nc(C(=O)NC(C)c2cc(F)c(C)c(F)c2)co1. The van der Waals surface area contributed by atoms with Crippen LogP contribution in [-0.2, 0) is 0 Å². The van der Waals surface area contributed by atoms with E-state index in [1.54, 1.807) is 13.0 Å². The summed E-state index contributed by atoms with van der Waals surface area (Å²) in [4.78, 5) is 16.7. The predicted molar refractivity (Wildman–Crippen MR) is 119 cm³/mol. The summed E-state index contributed by atoms with van der Waals surface area (Å²) in [5, 5.41) is 2.67. The van der Waals surface area contributed by atoms with Crippen LogP contribution in [-0.4, -0.2) is 10.9 Å². The third-order valence-corrected chi connectivity index (χ3v) is 4.92. The fraction of sp³-hybridized carbons (Fsp3) is 0.360. The molecule has 0 fully saturated rings.